The summed E-state index contributed by atoms with van der Waals surface area (Å²) in [5, 5.41) is 12.9. The summed E-state index contributed by atoms with van der Waals surface area (Å²) in [5.74, 6) is 0. The van der Waals surface area contributed by atoms with Crippen LogP contribution in [0.3, 0.4) is 0 Å². The summed E-state index contributed by atoms with van der Waals surface area (Å²) >= 11 is 9.39. The van der Waals surface area contributed by atoms with E-state index >= 15 is 0 Å². The summed E-state index contributed by atoms with van der Waals surface area (Å²) in [6.45, 7) is 2.11. The molecule has 4 aromatic rings. The molecule has 29 heavy (non-hydrogen) atoms. The van der Waals surface area contributed by atoms with Gasteiger partial charge in [-0.05, 0) is 36.1 Å². The molecule has 1 unspecified atom stereocenters. The molecule has 0 radical (unpaired) electrons. The molecule has 0 saturated heterocycles. The first-order chi connectivity index (χ1) is 14.2. The molecule has 0 spiro atoms. The molecule has 0 aliphatic carbocycles. The molecule has 1 aliphatic heterocycles. The number of hydrogen-bond acceptors (Lipinski definition) is 5. The van der Waals surface area contributed by atoms with Crippen LogP contribution in [0.4, 0.5) is 5.13 Å². The fourth-order valence-corrected chi connectivity index (χ4v) is 5.13. The van der Waals surface area contributed by atoms with Gasteiger partial charge in [-0.3, -0.25) is 0 Å². The van der Waals surface area contributed by atoms with Crippen molar-refractivity contribution in [1.29, 1.82) is 0 Å². The van der Waals surface area contributed by atoms with Gasteiger partial charge in [-0.25, -0.2) is 9.99 Å². The van der Waals surface area contributed by atoms with Crippen molar-refractivity contribution >= 4 is 45.1 Å². The minimum Gasteiger partial charge on any atom is -0.231 e. The Bertz CT molecular complexity index is 1150. The smallest absolute Gasteiger partial charge is 0.207 e. The number of benzene rings is 2. The quantitative estimate of drug-likeness (QED) is 0.339. The van der Waals surface area contributed by atoms with Crippen molar-refractivity contribution in [2.45, 2.75) is 19.4 Å². The van der Waals surface area contributed by atoms with E-state index in [1.807, 2.05) is 24.3 Å². The molecule has 1 atom stereocenters. The lowest BCUT2D eigenvalue weighted by Crippen LogP contribution is -2.18. The zero-order valence-corrected chi connectivity index (χ0v) is 18.1. The first-order valence-electron chi connectivity index (χ1n) is 9.36. The highest BCUT2D eigenvalue weighted by molar-refractivity contribution is 7.14. The van der Waals surface area contributed by atoms with E-state index < -0.39 is 0 Å². The molecule has 3 nitrogen and oxygen atoms in total. The van der Waals surface area contributed by atoms with Crippen LogP contribution < -0.4 is 5.01 Å². The second-order valence-corrected chi connectivity index (χ2v) is 9.24. The van der Waals surface area contributed by atoms with Gasteiger partial charge in [-0.2, -0.15) is 5.10 Å². The van der Waals surface area contributed by atoms with E-state index in [-0.39, 0.29) is 6.04 Å². The third-order valence-electron chi connectivity index (χ3n) is 5.01. The van der Waals surface area contributed by atoms with Crippen LogP contribution in [0.25, 0.3) is 11.3 Å². The van der Waals surface area contributed by atoms with Crippen molar-refractivity contribution in [3.05, 3.63) is 92.5 Å². The van der Waals surface area contributed by atoms with E-state index in [2.05, 4.69) is 59.1 Å². The number of aryl methyl sites for hydroxylation is 1. The van der Waals surface area contributed by atoms with E-state index in [1.54, 1.807) is 22.7 Å². The Morgan fingerprint density at radius 3 is 2.52 bits per heavy atom. The summed E-state index contributed by atoms with van der Waals surface area (Å²) in [5.41, 5.74) is 5.65. The number of anilines is 1. The highest BCUT2D eigenvalue weighted by atomic mass is 35.5. The lowest BCUT2D eigenvalue weighted by molar-refractivity contribution is 0.706. The van der Waals surface area contributed by atoms with Gasteiger partial charge in [-0.1, -0.05) is 59.6 Å². The Morgan fingerprint density at radius 2 is 1.79 bits per heavy atom. The van der Waals surface area contributed by atoms with Gasteiger partial charge in [0, 0.05) is 22.4 Å². The number of thiazole rings is 1. The average molecular weight is 436 g/mol. The third-order valence-corrected chi connectivity index (χ3v) is 7.01. The van der Waals surface area contributed by atoms with Crippen LogP contribution in [0, 0.1) is 6.92 Å². The molecule has 0 saturated carbocycles. The molecule has 0 amide bonds. The summed E-state index contributed by atoms with van der Waals surface area (Å²) in [6.07, 6.45) is 0.874. The molecule has 2 aromatic carbocycles. The van der Waals surface area contributed by atoms with E-state index in [4.69, 9.17) is 21.7 Å². The van der Waals surface area contributed by atoms with Crippen molar-refractivity contribution < 1.29 is 0 Å². The van der Waals surface area contributed by atoms with Crippen molar-refractivity contribution in [2.75, 3.05) is 5.01 Å². The second kappa shape index (κ2) is 7.75. The van der Waals surface area contributed by atoms with Crippen LogP contribution in [0.2, 0.25) is 5.02 Å². The maximum absolute atomic E-state index is 6.03. The predicted molar refractivity (Wildman–Crippen MR) is 124 cm³/mol. The summed E-state index contributed by atoms with van der Waals surface area (Å²) in [6, 6.07) is 20.9. The molecule has 3 heterocycles. The summed E-state index contributed by atoms with van der Waals surface area (Å²) < 4.78 is 0. The van der Waals surface area contributed by atoms with E-state index in [9.17, 15) is 0 Å². The number of nitrogens with zero attached hydrogens (tertiary/aromatic N) is 3. The molecule has 2 aromatic heterocycles. The molecular weight excluding hydrogens is 418 g/mol. The van der Waals surface area contributed by atoms with Crippen molar-refractivity contribution in [3.8, 4) is 11.3 Å². The van der Waals surface area contributed by atoms with Gasteiger partial charge in [0.05, 0.1) is 22.3 Å². The Labute approximate surface area is 182 Å². The van der Waals surface area contributed by atoms with Crippen LogP contribution in [0.5, 0.6) is 0 Å². The van der Waals surface area contributed by atoms with E-state index in [0.29, 0.717) is 0 Å². The molecule has 5 rings (SSSR count). The SMILES string of the molecule is Cc1ccc(C2CC(c3cccs3)=NN2c2nc(-c3ccc(Cl)cc3)cs2)cc1. The number of hydrogen-bond donors (Lipinski definition) is 0. The third kappa shape index (κ3) is 3.73. The highest BCUT2D eigenvalue weighted by Gasteiger charge is 2.32. The number of thiophene rings is 1. The Morgan fingerprint density at radius 1 is 1.00 bits per heavy atom. The molecular formula is C23H18ClN3S2. The molecule has 1 aliphatic rings. The van der Waals surface area contributed by atoms with Crippen LogP contribution in [0.15, 0.2) is 76.5 Å². The zero-order valence-electron chi connectivity index (χ0n) is 15.7. The fourth-order valence-electron chi connectivity index (χ4n) is 3.45. The Balaban J connectivity index is 1.52. The molecule has 144 valence electrons. The Kier molecular flexibility index (Phi) is 4.96. The first-order valence-corrected chi connectivity index (χ1v) is 11.5. The normalized spacial score (nSPS) is 16.3. The highest BCUT2D eigenvalue weighted by Crippen LogP contribution is 2.40. The minimum atomic E-state index is 0.150. The number of aromatic nitrogens is 1. The van der Waals surface area contributed by atoms with Crippen molar-refractivity contribution in [3.63, 3.8) is 0 Å². The van der Waals surface area contributed by atoms with Crippen molar-refractivity contribution in [2.24, 2.45) is 5.10 Å². The van der Waals surface area contributed by atoms with Gasteiger partial charge in [0.25, 0.3) is 0 Å². The monoisotopic (exact) mass is 435 g/mol. The van der Waals surface area contributed by atoms with Crippen LogP contribution in [0.1, 0.15) is 28.5 Å². The molecule has 0 N–H and O–H groups in total. The van der Waals surface area contributed by atoms with E-state index in [1.165, 1.54) is 16.0 Å². The fraction of sp³-hybridized carbons (Fsp3) is 0.130. The maximum atomic E-state index is 6.03. The van der Waals surface area contributed by atoms with E-state index in [0.717, 1.165) is 33.5 Å². The van der Waals surface area contributed by atoms with Gasteiger partial charge >= 0.3 is 0 Å². The molecule has 6 heteroatoms. The largest absolute Gasteiger partial charge is 0.231 e. The lowest BCUT2D eigenvalue weighted by Gasteiger charge is -2.21. The number of hydrazone groups is 1. The average Bonchev–Trinajstić information content (AvgIpc) is 3.48. The lowest BCUT2D eigenvalue weighted by atomic mass is 10.0. The zero-order chi connectivity index (χ0) is 19.8. The van der Waals surface area contributed by atoms with Crippen molar-refractivity contribution in [1.82, 2.24) is 4.98 Å². The standard InChI is InChI=1S/C23H18ClN3S2/c1-15-4-6-17(7-5-15)21-13-19(22-3-2-12-28-22)26-27(21)23-25-20(14-29-23)16-8-10-18(24)11-9-16/h2-12,14,21H,13H2,1H3. The molecule has 0 bridgehead atoms. The van der Waals surface area contributed by atoms with Gasteiger partial charge in [0.1, 0.15) is 0 Å². The van der Waals surface area contributed by atoms with Gasteiger partial charge in [0.15, 0.2) is 0 Å². The van der Waals surface area contributed by atoms with Crippen LogP contribution in [-0.2, 0) is 0 Å². The molecule has 0 fully saturated rings. The maximum Gasteiger partial charge on any atom is 0.207 e. The van der Waals surface area contributed by atoms with Gasteiger partial charge < -0.3 is 0 Å². The van der Waals surface area contributed by atoms with Gasteiger partial charge in [-0.15, -0.1) is 22.7 Å². The Hall–Kier alpha value is -2.47. The van der Waals surface area contributed by atoms with Crippen LogP contribution >= 0.6 is 34.3 Å². The first kappa shape index (κ1) is 18.6. The predicted octanol–water partition coefficient (Wildman–Crippen LogP) is 7.19. The topological polar surface area (TPSA) is 28.5 Å². The van der Waals surface area contributed by atoms with Crippen LogP contribution in [-0.4, -0.2) is 10.7 Å². The number of rotatable bonds is 4. The minimum absolute atomic E-state index is 0.150. The summed E-state index contributed by atoms with van der Waals surface area (Å²) in [4.78, 5) is 6.12. The summed E-state index contributed by atoms with van der Waals surface area (Å²) in [7, 11) is 0. The van der Waals surface area contributed by atoms with Gasteiger partial charge in [0.2, 0.25) is 5.13 Å². The second-order valence-electron chi connectivity index (χ2n) is 7.02. The number of halogens is 1.